The van der Waals surface area contributed by atoms with Crippen LogP contribution in [0.2, 0.25) is 0 Å². The van der Waals surface area contributed by atoms with Gasteiger partial charge in [0.1, 0.15) is 5.82 Å². The highest BCUT2D eigenvalue weighted by molar-refractivity contribution is 6.34. The van der Waals surface area contributed by atoms with E-state index >= 15 is 0 Å². The molecule has 8 heteroatoms. The maximum absolute atomic E-state index is 13.3. The molecule has 1 aliphatic rings. The van der Waals surface area contributed by atoms with Crippen molar-refractivity contribution >= 4 is 39.8 Å². The number of benzene rings is 3. The van der Waals surface area contributed by atoms with Gasteiger partial charge < -0.3 is 5.32 Å². The lowest BCUT2D eigenvalue weighted by Gasteiger charge is -2.12. The molecule has 8 nitrogen and oxygen atoms in total. The van der Waals surface area contributed by atoms with Crippen molar-refractivity contribution in [3.05, 3.63) is 105 Å². The predicted molar refractivity (Wildman–Crippen MR) is 117 cm³/mol. The maximum atomic E-state index is 13.3. The number of rotatable bonds is 3. The Bertz CT molecular complexity index is 1470. The molecule has 0 atom stereocenters. The first-order valence-electron chi connectivity index (χ1n) is 9.42. The zero-order valence-corrected chi connectivity index (χ0v) is 16.0. The number of carbonyl (C=O) groups is 1. The Kier molecular flexibility index (Phi) is 4.18. The summed E-state index contributed by atoms with van der Waals surface area (Å²) in [6.45, 7) is 0. The molecule has 0 aliphatic carbocycles. The first-order valence-corrected chi connectivity index (χ1v) is 9.42. The molecule has 0 saturated carbocycles. The number of para-hydroxylation sites is 2. The fourth-order valence-electron chi connectivity index (χ4n) is 3.63. The number of hydrogen-bond acceptors (Lipinski definition) is 5. The normalized spacial score (nSPS) is 13.9. The van der Waals surface area contributed by atoms with Crippen molar-refractivity contribution < 1.29 is 9.72 Å². The smallest absolute Gasteiger partial charge is 0.269 e. The van der Waals surface area contributed by atoms with Gasteiger partial charge in [-0.15, -0.1) is 0 Å². The van der Waals surface area contributed by atoms with Gasteiger partial charge in [0.05, 0.1) is 27.1 Å². The quantitative estimate of drug-likeness (QED) is 0.314. The van der Waals surface area contributed by atoms with E-state index in [4.69, 9.17) is 0 Å². The zero-order valence-electron chi connectivity index (χ0n) is 16.0. The van der Waals surface area contributed by atoms with Crippen LogP contribution in [0.3, 0.4) is 0 Å². The van der Waals surface area contributed by atoms with E-state index < -0.39 is 4.92 Å². The van der Waals surface area contributed by atoms with Crippen LogP contribution in [0.15, 0.2) is 77.6 Å². The summed E-state index contributed by atoms with van der Waals surface area (Å²) in [5.41, 5.74) is 2.26. The van der Waals surface area contributed by atoms with Crippen molar-refractivity contribution in [1.82, 2.24) is 9.55 Å². The van der Waals surface area contributed by atoms with Crippen molar-refractivity contribution in [2.45, 2.75) is 0 Å². The molecule has 1 aliphatic heterocycles. The van der Waals surface area contributed by atoms with Crippen LogP contribution < -0.4 is 10.9 Å². The van der Waals surface area contributed by atoms with E-state index in [1.165, 1.54) is 28.8 Å². The van der Waals surface area contributed by atoms with Gasteiger partial charge in [-0.2, -0.15) is 0 Å². The number of anilines is 1. The summed E-state index contributed by atoms with van der Waals surface area (Å²) in [7, 11) is 0. The molecule has 0 unspecified atom stereocenters. The molecule has 4 aromatic rings. The minimum atomic E-state index is -0.506. The second kappa shape index (κ2) is 7.03. The molecule has 0 bridgehead atoms. The Morgan fingerprint density at radius 3 is 2.42 bits per heavy atom. The number of nitrogens with one attached hydrogen (secondary N) is 1. The molecular weight excluding hydrogens is 396 g/mol. The number of fused-ring (bicyclic) bond motifs is 2. The second-order valence-electron chi connectivity index (χ2n) is 6.96. The molecule has 0 radical (unpaired) electrons. The number of nitro benzene ring substituents is 1. The van der Waals surface area contributed by atoms with Gasteiger partial charge in [-0.1, -0.05) is 30.3 Å². The van der Waals surface area contributed by atoms with Crippen LogP contribution in [0.4, 0.5) is 11.4 Å². The summed E-state index contributed by atoms with van der Waals surface area (Å²) < 4.78 is 1.35. The highest BCUT2D eigenvalue weighted by Gasteiger charge is 2.24. The Morgan fingerprint density at radius 2 is 1.65 bits per heavy atom. The molecular formula is C23H14N4O4. The summed E-state index contributed by atoms with van der Waals surface area (Å²) in [4.78, 5) is 41.0. The van der Waals surface area contributed by atoms with Crippen molar-refractivity contribution in [2.75, 3.05) is 5.32 Å². The standard InChI is InChI=1S/C23H14N4O4/c28-22-18(16-5-1-3-7-19(16)25-22)13-21-24-20-8-4-2-6-17(20)23(29)26(21)14-9-11-15(12-10-14)27(30)31/h1-13H,(H,25,28). The summed E-state index contributed by atoms with van der Waals surface area (Å²) in [6, 6.07) is 19.8. The largest absolute Gasteiger partial charge is 0.321 e. The average Bonchev–Trinajstić information content (AvgIpc) is 3.09. The van der Waals surface area contributed by atoms with Crippen molar-refractivity contribution in [1.29, 1.82) is 0 Å². The third kappa shape index (κ3) is 3.06. The first kappa shape index (κ1) is 18.4. The molecule has 1 N–H and O–H groups in total. The van der Waals surface area contributed by atoms with Crippen LogP contribution in [0.25, 0.3) is 28.2 Å². The van der Waals surface area contributed by atoms with E-state index in [0.29, 0.717) is 33.4 Å². The average molecular weight is 410 g/mol. The summed E-state index contributed by atoms with van der Waals surface area (Å²) in [5, 5.41) is 14.2. The molecule has 150 valence electrons. The summed E-state index contributed by atoms with van der Waals surface area (Å²) in [6.07, 6.45) is 1.57. The number of hydrogen-bond donors (Lipinski definition) is 1. The highest BCUT2D eigenvalue weighted by Crippen LogP contribution is 2.32. The lowest BCUT2D eigenvalue weighted by molar-refractivity contribution is -0.384. The predicted octanol–water partition coefficient (Wildman–Crippen LogP) is 3.79. The first-order chi connectivity index (χ1) is 15.0. The van der Waals surface area contributed by atoms with Gasteiger partial charge in [0, 0.05) is 23.4 Å². The Labute approximate surface area is 175 Å². The SMILES string of the molecule is O=C1Nc2ccccc2C1=Cc1nc2ccccc2c(=O)n1-c1ccc([N+](=O)[O-])cc1. The Balaban J connectivity index is 1.78. The molecule has 0 fully saturated rings. The summed E-state index contributed by atoms with van der Waals surface area (Å²) >= 11 is 0. The number of aromatic nitrogens is 2. The van der Waals surface area contributed by atoms with Crippen LogP contribution in [0, 0.1) is 10.1 Å². The number of nitrogens with zero attached hydrogens (tertiary/aromatic N) is 3. The number of non-ortho nitro benzene ring substituents is 1. The van der Waals surface area contributed by atoms with Gasteiger partial charge in [0.2, 0.25) is 0 Å². The second-order valence-corrected chi connectivity index (χ2v) is 6.96. The van der Waals surface area contributed by atoms with Gasteiger partial charge in [0.25, 0.3) is 17.2 Å². The number of carbonyl (C=O) groups excluding carboxylic acids is 1. The fourth-order valence-corrected chi connectivity index (χ4v) is 3.63. The number of nitro groups is 1. The third-order valence-electron chi connectivity index (χ3n) is 5.10. The highest BCUT2D eigenvalue weighted by atomic mass is 16.6. The monoisotopic (exact) mass is 410 g/mol. The third-order valence-corrected chi connectivity index (χ3v) is 5.10. The van der Waals surface area contributed by atoms with Crippen LogP contribution >= 0.6 is 0 Å². The van der Waals surface area contributed by atoms with Gasteiger partial charge in [-0.25, -0.2) is 4.98 Å². The van der Waals surface area contributed by atoms with Crippen molar-refractivity contribution in [3.63, 3.8) is 0 Å². The molecule has 1 aromatic heterocycles. The van der Waals surface area contributed by atoms with Crippen LogP contribution in [-0.2, 0) is 4.79 Å². The topological polar surface area (TPSA) is 107 Å². The van der Waals surface area contributed by atoms with E-state index in [2.05, 4.69) is 10.3 Å². The van der Waals surface area contributed by atoms with E-state index in [9.17, 15) is 19.7 Å². The molecule has 5 rings (SSSR count). The molecule has 31 heavy (non-hydrogen) atoms. The maximum Gasteiger partial charge on any atom is 0.269 e. The lowest BCUT2D eigenvalue weighted by atomic mass is 10.1. The van der Waals surface area contributed by atoms with Crippen LogP contribution in [0.5, 0.6) is 0 Å². The van der Waals surface area contributed by atoms with Crippen LogP contribution in [0.1, 0.15) is 11.4 Å². The fraction of sp³-hybridized carbons (Fsp3) is 0. The Hall–Kier alpha value is -4.59. The van der Waals surface area contributed by atoms with Gasteiger partial charge >= 0.3 is 0 Å². The minimum Gasteiger partial charge on any atom is -0.321 e. The van der Waals surface area contributed by atoms with E-state index in [0.717, 1.165) is 0 Å². The van der Waals surface area contributed by atoms with Gasteiger partial charge in [0.15, 0.2) is 0 Å². The van der Waals surface area contributed by atoms with E-state index in [1.54, 1.807) is 36.4 Å². The molecule has 0 spiro atoms. The Morgan fingerprint density at radius 1 is 0.935 bits per heavy atom. The molecule has 1 amide bonds. The van der Waals surface area contributed by atoms with Crippen molar-refractivity contribution in [2.24, 2.45) is 0 Å². The minimum absolute atomic E-state index is 0.0884. The number of amides is 1. The van der Waals surface area contributed by atoms with E-state index in [1.807, 2.05) is 18.2 Å². The van der Waals surface area contributed by atoms with Gasteiger partial charge in [-0.3, -0.25) is 24.3 Å². The van der Waals surface area contributed by atoms with E-state index in [-0.39, 0.29) is 23.0 Å². The zero-order chi connectivity index (χ0) is 21.5. The van der Waals surface area contributed by atoms with Crippen molar-refractivity contribution in [3.8, 4) is 5.69 Å². The molecule has 0 saturated heterocycles. The summed E-state index contributed by atoms with van der Waals surface area (Å²) in [5.74, 6) is -0.0433. The lowest BCUT2D eigenvalue weighted by Crippen LogP contribution is -2.22. The van der Waals surface area contributed by atoms with Gasteiger partial charge in [-0.05, 0) is 36.4 Å². The molecule has 2 heterocycles. The van der Waals surface area contributed by atoms with Crippen LogP contribution in [-0.4, -0.2) is 20.4 Å². The molecule has 3 aromatic carbocycles.